The minimum atomic E-state index is -0.234. The van der Waals surface area contributed by atoms with Crippen LogP contribution in [0.25, 0.3) is 11.7 Å². The van der Waals surface area contributed by atoms with Gasteiger partial charge in [0.1, 0.15) is 15.8 Å². The number of amides is 1. The monoisotopic (exact) mass is 416 g/mol. The minimum Gasteiger partial charge on any atom is -0.376 e. The van der Waals surface area contributed by atoms with Crippen LogP contribution < -0.4 is 10.9 Å². The van der Waals surface area contributed by atoms with Crippen LogP contribution in [0.2, 0.25) is 0 Å². The van der Waals surface area contributed by atoms with Gasteiger partial charge < -0.3 is 10.1 Å². The van der Waals surface area contributed by atoms with E-state index in [1.807, 2.05) is 13.0 Å². The van der Waals surface area contributed by atoms with Gasteiger partial charge >= 0.3 is 0 Å². The Balaban J connectivity index is 1.73. The number of aromatic nitrogens is 2. The maximum absolute atomic E-state index is 13.0. The number of anilines is 1. The van der Waals surface area contributed by atoms with Crippen molar-refractivity contribution in [2.75, 3.05) is 25.5 Å². The zero-order chi connectivity index (χ0) is 19.8. The van der Waals surface area contributed by atoms with Gasteiger partial charge in [0.15, 0.2) is 0 Å². The summed E-state index contributed by atoms with van der Waals surface area (Å²) in [7, 11) is 1.70. The molecule has 0 unspecified atom stereocenters. The average molecular weight is 417 g/mol. The van der Waals surface area contributed by atoms with Crippen molar-refractivity contribution in [3.63, 3.8) is 0 Å². The average Bonchev–Trinajstić information content (AvgIpc) is 3.28. The van der Waals surface area contributed by atoms with Crippen LogP contribution in [0, 0.1) is 6.92 Å². The molecule has 0 radical (unpaired) electrons. The SMILES string of the molecule is CNc1nc2c(C)cccn2c(=O)c1/C=C1/SC(=S)N(C[C@H]2CCCO2)C1=O. The van der Waals surface area contributed by atoms with Crippen molar-refractivity contribution in [3.8, 4) is 0 Å². The predicted molar refractivity (Wildman–Crippen MR) is 115 cm³/mol. The van der Waals surface area contributed by atoms with Crippen molar-refractivity contribution < 1.29 is 9.53 Å². The van der Waals surface area contributed by atoms with E-state index >= 15 is 0 Å². The van der Waals surface area contributed by atoms with E-state index in [-0.39, 0.29) is 17.6 Å². The Hall–Kier alpha value is -2.23. The summed E-state index contributed by atoms with van der Waals surface area (Å²) in [6, 6.07) is 3.70. The number of fused-ring (bicyclic) bond motifs is 1. The lowest BCUT2D eigenvalue weighted by Gasteiger charge is -2.18. The van der Waals surface area contributed by atoms with E-state index in [2.05, 4.69) is 10.3 Å². The number of carbonyl (C=O) groups excluding carboxylic acids is 1. The Kier molecular flexibility index (Phi) is 5.22. The van der Waals surface area contributed by atoms with Gasteiger partial charge in [-0.3, -0.25) is 18.9 Å². The van der Waals surface area contributed by atoms with Gasteiger partial charge in [-0.2, -0.15) is 0 Å². The molecule has 2 aromatic rings. The molecule has 4 heterocycles. The molecule has 146 valence electrons. The summed E-state index contributed by atoms with van der Waals surface area (Å²) in [5.74, 6) is 0.241. The van der Waals surface area contributed by atoms with Gasteiger partial charge in [-0.05, 0) is 37.5 Å². The lowest BCUT2D eigenvalue weighted by Crippen LogP contribution is -2.35. The number of rotatable bonds is 4. The zero-order valence-electron chi connectivity index (χ0n) is 15.6. The summed E-state index contributed by atoms with van der Waals surface area (Å²) in [6.45, 7) is 3.08. The molecule has 2 saturated heterocycles. The van der Waals surface area contributed by atoms with Crippen LogP contribution >= 0.6 is 24.0 Å². The molecular weight excluding hydrogens is 396 g/mol. The number of pyridine rings is 1. The Morgan fingerprint density at radius 3 is 3.00 bits per heavy atom. The second-order valence-corrected chi connectivity index (χ2v) is 8.42. The van der Waals surface area contributed by atoms with E-state index in [0.717, 1.165) is 25.0 Å². The summed E-state index contributed by atoms with van der Waals surface area (Å²) in [4.78, 5) is 32.5. The summed E-state index contributed by atoms with van der Waals surface area (Å²) in [6.07, 6.45) is 5.21. The Labute approximate surface area is 171 Å². The van der Waals surface area contributed by atoms with Crippen LogP contribution in [0.3, 0.4) is 0 Å². The smallest absolute Gasteiger partial charge is 0.267 e. The van der Waals surface area contributed by atoms with Gasteiger partial charge in [0.25, 0.3) is 11.5 Å². The van der Waals surface area contributed by atoms with Crippen molar-refractivity contribution in [2.45, 2.75) is 25.9 Å². The second kappa shape index (κ2) is 7.65. The summed E-state index contributed by atoms with van der Waals surface area (Å²) in [5, 5.41) is 2.97. The van der Waals surface area contributed by atoms with E-state index in [9.17, 15) is 9.59 Å². The number of hydrogen-bond donors (Lipinski definition) is 1. The molecule has 0 aliphatic carbocycles. The van der Waals surface area contributed by atoms with Gasteiger partial charge in [-0.25, -0.2) is 4.98 Å². The number of thiocarbonyl (C=S) groups is 1. The van der Waals surface area contributed by atoms with E-state index < -0.39 is 0 Å². The van der Waals surface area contributed by atoms with Gasteiger partial charge in [0.2, 0.25) is 0 Å². The van der Waals surface area contributed by atoms with Crippen LogP contribution in [0.15, 0.2) is 28.0 Å². The zero-order valence-corrected chi connectivity index (χ0v) is 17.2. The third kappa shape index (κ3) is 3.34. The molecule has 9 heteroatoms. The fourth-order valence-corrected chi connectivity index (χ4v) is 4.67. The minimum absolute atomic E-state index is 0.0191. The summed E-state index contributed by atoms with van der Waals surface area (Å²) < 4.78 is 7.61. The van der Waals surface area contributed by atoms with Crippen molar-refractivity contribution in [2.24, 2.45) is 0 Å². The Bertz CT molecular complexity index is 1060. The standard InChI is InChI=1S/C19H20N4O3S2/c1-11-5-3-7-22-16(11)21-15(20-2)13(17(22)24)9-14-18(25)23(19(27)28-14)10-12-6-4-8-26-12/h3,5,7,9,12,20H,4,6,8,10H2,1-2H3/b14-9+/t12-/m1/s1. The highest BCUT2D eigenvalue weighted by Crippen LogP contribution is 2.34. The molecule has 7 nitrogen and oxygen atoms in total. The molecule has 1 N–H and O–H groups in total. The number of carbonyl (C=O) groups is 1. The van der Waals surface area contributed by atoms with Crippen LogP contribution in [0.5, 0.6) is 0 Å². The third-order valence-electron chi connectivity index (χ3n) is 4.88. The van der Waals surface area contributed by atoms with Gasteiger partial charge in [0.05, 0.1) is 23.1 Å². The molecule has 4 rings (SSSR count). The number of thioether (sulfide) groups is 1. The maximum atomic E-state index is 13.0. The van der Waals surface area contributed by atoms with Gasteiger partial charge in [0, 0.05) is 19.9 Å². The van der Waals surface area contributed by atoms with Crippen molar-refractivity contribution in [1.29, 1.82) is 0 Å². The summed E-state index contributed by atoms with van der Waals surface area (Å²) in [5.41, 5.74) is 1.58. The maximum Gasteiger partial charge on any atom is 0.267 e. The molecule has 28 heavy (non-hydrogen) atoms. The number of aryl methyl sites for hydroxylation is 1. The topological polar surface area (TPSA) is 75.9 Å². The summed E-state index contributed by atoms with van der Waals surface area (Å²) >= 11 is 6.60. The molecule has 0 bridgehead atoms. The fraction of sp³-hybridized carbons (Fsp3) is 0.368. The molecular formula is C19H20N4O3S2. The second-order valence-electron chi connectivity index (χ2n) is 6.74. The first-order valence-corrected chi connectivity index (χ1v) is 10.3. The fourth-order valence-electron chi connectivity index (χ4n) is 3.41. The third-order valence-corrected chi connectivity index (χ3v) is 6.26. The van der Waals surface area contributed by atoms with Crippen LogP contribution in [-0.2, 0) is 9.53 Å². The molecule has 2 aliphatic heterocycles. The molecule has 2 aliphatic rings. The first-order valence-electron chi connectivity index (χ1n) is 9.06. The van der Waals surface area contributed by atoms with E-state index in [0.29, 0.717) is 32.8 Å². The van der Waals surface area contributed by atoms with Crippen LogP contribution in [-0.4, -0.2) is 50.8 Å². The van der Waals surface area contributed by atoms with E-state index in [1.165, 1.54) is 16.2 Å². The Morgan fingerprint density at radius 1 is 1.46 bits per heavy atom. The molecule has 0 aromatic carbocycles. The van der Waals surface area contributed by atoms with Gasteiger partial charge in [-0.15, -0.1) is 0 Å². The number of nitrogens with zero attached hydrogens (tertiary/aromatic N) is 3. The largest absolute Gasteiger partial charge is 0.376 e. The first kappa shape index (κ1) is 19.1. The number of nitrogens with one attached hydrogen (secondary N) is 1. The van der Waals surface area contributed by atoms with Gasteiger partial charge in [-0.1, -0.05) is 30.0 Å². The van der Waals surface area contributed by atoms with E-state index in [1.54, 1.807) is 30.3 Å². The lowest BCUT2D eigenvalue weighted by molar-refractivity contribution is -0.123. The highest BCUT2D eigenvalue weighted by molar-refractivity contribution is 8.26. The normalized spacial score (nSPS) is 21.3. The molecule has 0 saturated carbocycles. The van der Waals surface area contributed by atoms with Crippen LogP contribution in [0.4, 0.5) is 5.82 Å². The number of ether oxygens (including phenoxy) is 1. The first-order chi connectivity index (χ1) is 13.5. The highest BCUT2D eigenvalue weighted by atomic mass is 32.2. The molecule has 1 atom stereocenters. The van der Waals surface area contributed by atoms with Crippen molar-refractivity contribution in [1.82, 2.24) is 14.3 Å². The molecule has 0 spiro atoms. The lowest BCUT2D eigenvalue weighted by atomic mass is 10.2. The molecule has 2 fully saturated rings. The quantitative estimate of drug-likeness (QED) is 0.606. The van der Waals surface area contributed by atoms with Crippen LogP contribution in [0.1, 0.15) is 24.0 Å². The highest BCUT2D eigenvalue weighted by Gasteiger charge is 2.35. The molecule has 2 aromatic heterocycles. The molecule has 1 amide bonds. The number of hydrogen-bond acceptors (Lipinski definition) is 7. The predicted octanol–water partition coefficient (Wildman–Crippen LogP) is 2.42. The van der Waals surface area contributed by atoms with E-state index in [4.69, 9.17) is 17.0 Å². The van der Waals surface area contributed by atoms with Crippen molar-refractivity contribution in [3.05, 3.63) is 44.7 Å². The van der Waals surface area contributed by atoms with Crippen molar-refractivity contribution >= 4 is 51.7 Å². The Morgan fingerprint density at radius 2 is 2.29 bits per heavy atom.